The Balaban J connectivity index is 1.23. The number of hydrogen-bond donors (Lipinski definition) is 1. The molecule has 0 unspecified atom stereocenters. The molecule has 3 heterocycles. The summed E-state index contributed by atoms with van der Waals surface area (Å²) < 4.78 is 10.9. The van der Waals surface area contributed by atoms with E-state index in [1.165, 1.54) is 0 Å². The van der Waals surface area contributed by atoms with Crippen molar-refractivity contribution >= 4 is 5.91 Å². The van der Waals surface area contributed by atoms with Crippen LogP contribution in [0.2, 0.25) is 0 Å². The molecule has 0 saturated carbocycles. The lowest BCUT2D eigenvalue weighted by Gasteiger charge is -2.28. The zero-order valence-corrected chi connectivity index (χ0v) is 16.3. The van der Waals surface area contributed by atoms with Gasteiger partial charge in [0.25, 0.3) is 5.91 Å². The van der Waals surface area contributed by atoms with Crippen LogP contribution in [0.3, 0.4) is 0 Å². The van der Waals surface area contributed by atoms with Gasteiger partial charge < -0.3 is 19.4 Å². The normalized spacial score (nSPS) is 21.1. The molecule has 1 N–H and O–H groups in total. The Morgan fingerprint density at radius 1 is 1.04 bits per heavy atom. The summed E-state index contributed by atoms with van der Waals surface area (Å²) in [6, 6.07) is 11.7. The van der Waals surface area contributed by atoms with Gasteiger partial charge in [-0.1, -0.05) is 30.3 Å². The fourth-order valence-corrected chi connectivity index (χ4v) is 4.04. The van der Waals surface area contributed by atoms with E-state index in [-0.39, 0.29) is 5.91 Å². The minimum absolute atomic E-state index is 0.129. The van der Waals surface area contributed by atoms with Crippen molar-refractivity contribution in [1.29, 1.82) is 0 Å². The van der Waals surface area contributed by atoms with Crippen molar-refractivity contribution in [3.8, 4) is 11.1 Å². The first-order chi connectivity index (χ1) is 13.8. The first kappa shape index (κ1) is 19.2. The van der Waals surface area contributed by atoms with Gasteiger partial charge in [0, 0.05) is 44.8 Å². The molecule has 0 radical (unpaired) electrons. The average molecular weight is 383 g/mol. The third-order valence-electron chi connectivity index (χ3n) is 5.71. The van der Waals surface area contributed by atoms with Gasteiger partial charge in [-0.05, 0) is 30.5 Å². The van der Waals surface area contributed by atoms with Crippen molar-refractivity contribution in [2.24, 2.45) is 5.92 Å². The number of ether oxygens (including phenoxy) is 1. The molecule has 150 valence electrons. The Morgan fingerprint density at radius 3 is 2.64 bits per heavy atom. The van der Waals surface area contributed by atoms with Crippen molar-refractivity contribution < 1.29 is 13.9 Å². The third kappa shape index (κ3) is 4.82. The topological polar surface area (TPSA) is 58.0 Å². The maximum Gasteiger partial charge on any atom is 0.287 e. The molecule has 28 heavy (non-hydrogen) atoms. The van der Waals surface area contributed by atoms with Crippen LogP contribution in [0.15, 0.2) is 47.1 Å². The number of nitrogens with zero attached hydrogens (tertiary/aromatic N) is 2. The van der Waals surface area contributed by atoms with Gasteiger partial charge >= 0.3 is 0 Å². The molecule has 0 aliphatic carbocycles. The van der Waals surface area contributed by atoms with Gasteiger partial charge in [-0.3, -0.25) is 9.69 Å². The molecule has 1 amide bonds. The Hall–Kier alpha value is -2.15. The van der Waals surface area contributed by atoms with E-state index in [0.717, 1.165) is 70.0 Å². The van der Waals surface area contributed by atoms with Gasteiger partial charge in [-0.2, -0.15) is 0 Å². The molecule has 1 atom stereocenters. The Bertz CT molecular complexity index is 755. The highest BCUT2D eigenvalue weighted by molar-refractivity contribution is 5.98. The predicted molar refractivity (Wildman–Crippen MR) is 108 cm³/mol. The maximum atomic E-state index is 12.6. The van der Waals surface area contributed by atoms with Crippen LogP contribution < -0.4 is 5.32 Å². The van der Waals surface area contributed by atoms with Crippen LogP contribution in [0.4, 0.5) is 0 Å². The van der Waals surface area contributed by atoms with E-state index in [1.807, 2.05) is 36.4 Å². The number of furan rings is 1. The lowest BCUT2D eigenvalue weighted by Crippen LogP contribution is -2.41. The Morgan fingerprint density at radius 2 is 1.82 bits per heavy atom. The fraction of sp³-hybridized carbons (Fsp3) is 0.500. The monoisotopic (exact) mass is 383 g/mol. The van der Waals surface area contributed by atoms with Crippen molar-refractivity contribution in [2.75, 3.05) is 59.0 Å². The van der Waals surface area contributed by atoms with Crippen LogP contribution in [0, 0.1) is 5.92 Å². The number of amides is 1. The highest BCUT2D eigenvalue weighted by Crippen LogP contribution is 2.24. The summed E-state index contributed by atoms with van der Waals surface area (Å²) in [5.41, 5.74) is 1.84. The highest BCUT2D eigenvalue weighted by Gasteiger charge is 2.24. The van der Waals surface area contributed by atoms with E-state index >= 15 is 0 Å². The average Bonchev–Trinajstić information content (AvgIpc) is 3.42. The first-order valence-electron chi connectivity index (χ1n) is 10.2. The van der Waals surface area contributed by atoms with Crippen LogP contribution >= 0.6 is 0 Å². The summed E-state index contributed by atoms with van der Waals surface area (Å²) in [6.07, 6.45) is 2.72. The summed E-state index contributed by atoms with van der Waals surface area (Å²) >= 11 is 0. The van der Waals surface area contributed by atoms with Crippen molar-refractivity contribution in [2.45, 2.75) is 6.42 Å². The molecule has 1 aromatic carbocycles. The second kappa shape index (κ2) is 9.37. The van der Waals surface area contributed by atoms with Crippen LogP contribution in [0.1, 0.15) is 17.0 Å². The molecule has 1 aromatic heterocycles. The number of nitrogens with one attached hydrogen (secondary N) is 1. The van der Waals surface area contributed by atoms with E-state index in [2.05, 4.69) is 15.1 Å². The molecule has 2 fully saturated rings. The molecule has 2 aliphatic heterocycles. The summed E-state index contributed by atoms with van der Waals surface area (Å²) in [5, 5.41) is 3.08. The molecular weight excluding hydrogens is 354 g/mol. The minimum atomic E-state index is -0.129. The van der Waals surface area contributed by atoms with Crippen LogP contribution in [-0.4, -0.2) is 74.7 Å². The summed E-state index contributed by atoms with van der Waals surface area (Å²) in [4.78, 5) is 17.6. The quantitative estimate of drug-likeness (QED) is 0.795. The Kier molecular flexibility index (Phi) is 6.41. The minimum Gasteiger partial charge on any atom is -0.459 e. The summed E-state index contributed by atoms with van der Waals surface area (Å²) in [5.74, 6) is 0.771. The molecule has 2 aliphatic rings. The van der Waals surface area contributed by atoms with Gasteiger partial charge in [0.15, 0.2) is 5.76 Å². The molecule has 0 bridgehead atoms. The number of carbonyl (C=O) groups excluding carboxylic acids is 1. The number of carbonyl (C=O) groups is 1. The maximum absolute atomic E-state index is 12.6. The van der Waals surface area contributed by atoms with Gasteiger partial charge in [0.05, 0.1) is 19.5 Å². The van der Waals surface area contributed by atoms with Crippen LogP contribution in [0.25, 0.3) is 11.1 Å². The second-order valence-corrected chi connectivity index (χ2v) is 7.65. The Labute approximate surface area is 166 Å². The van der Waals surface area contributed by atoms with Crippen molar-refractivity contribution in [1.82, 2.24) is 15.1 Å². The zero-order chi connectivity index (χ0) is 19.2. The fourth-order valence-electron chi connectivity index (χ4n) is 4.04. The summed E-state index contributed by atoms with van der Waals surface area (Å²) in [7, 11) is 0. The van der Waals surface area contributed by atoms with E-state index in [9.17, 15) is 4.79 Å². The number of morpholine rings is 1. The smallest absolute Gasteiger partial charge is 0.287 e. The molecule has 0 spiro atoms. The molecule has 6 heteroatoms. The van der Waals surface area contributed by atoms with Gasteiger partial charge in [0.1, 0.15) is 0 Å². The largest absolute Gasteiger partial charge is 0.459 e. The van der Waals surface area contributed by atoms with E-state index < -0.39 is 0 Å². The zero-order valence-electron chi connectivity index (χ0n) is 16.3. The molecule has 2 aromatic rings. The van der Waals surface area contributed by atoms with E-state index in [1.54, 1.807) is 6.26 Å². The molecule has 6 nitrogen and oxygen atoms in total. The van der Waals surface area contributed by atoms with Gasteiger partial charge in [-0.15, -0.1) is 0 Å². The number of hydrogen-bond acceptors (Lipinski definition) is 5. The lowest BCUT2D eigenvalue weighted by molar-refractivity contribution is 0.0342. The first-order valence-corrected chi connectivity index (χ1v) is 10.2. The number of benzene rings is 1. The third-order valence-corrected chi connectivity index (χ3v) is 5.71. The van der Waals surface area contributed by atoms with Crippen molar-refractivity contribution in [3.05, 3.63) is 48.4 Å². The number of likely N-dealkylation sites (tertiary alicyclic amines) is 1. The van der Waals surface area contributed by atoms with E-state index in [0.29, 0.717) is 18.2 Å². The van der Waals surface area contributed by atoms with Crippen LogP contribution in [0.5, 0.6) is 0 Å². The predicted octanol–water partition coefficient (Wildman–Crippen LogP) is 2.33. The highest BCUT2D eigenvalue weighted by atomic mass is 16.5. The SMILES string of the molecule is O=C(NC[C@H]1CCN(CCN2CCOCC2)C1)c1occc1-c1ccccc1. The number of rotatable bonds is 7. The van der Waals surface area contributed by atoms with Crippen molar-refractivity contribution in [3.63, 3.8) is 0 Å². The van der Waals surface area contributed by atoms with Gasteiger partial charge in [-0.25, -0.2) is 0 Å². The summed E-state index contributed by atoms with van der Waals surface area (Å²) in [6.45, 7) is 8.85. The molecule has 2 saturated heterocycles. The standard InChI is InChI=1S/C22H29N3O3/c26-22(21-20(7-13-28-21)19-4-2-1-3-5-19)23-16-18-6-8-25(17-18)10-9-24-11-14-27-15-12-24/h1-5,7,13,18H,6,8-12,14-17H2,(H,23,26)/t18-/m1/s1. The second-order valence-electron chi connectivity index (χ2n) is 7.65. The lowest BCUT2D eigenvalue weighted by atomic mass is 10.1. The molecule has 4 rings (SSSR count). The van der Waals surface area contributed by atoms with Gasteiger partial charge in [0.2, 0.25) is 0 Å². The van der Waals surface area contributed by atoms with E-state index in [4.69, 9.17) is 9.15 Å². The van der Waals surface area contributed by atoms with Crippen LogP contribution in [-0.2, 0) is 4.74 Å². The molecular formula is C22H29N3O3.